The molecule has 2 fully saturated rings. The van der Waals surface area contributed by atoms with E-state index >= 15 is 0 Å². The van der Waals surface area contributed by atoms with Gasteiger partial charge in [0.2, 0.25) is 5.91 Å². The van der Waals surface area contributed by atoms with Gasteiger partial charge in [0, 0.05) is 20.1 Å². The van der Waals surface area contributed by atoms with Gasteiger partial charge in [-0.25, -0.2) is 9.97 Å². The quantitative estimate of drug-likeness (QED) is 0.221. The first kappa shape index (κ1) is 29.3. The Bertz CT molecular complexity index is 1650. The number of H-pyrrole nitrogens is 2. The summed E-state index contributed by atoms with van der Waals surface area (Å²) in [5.41, 5.74) is 6.52. The third-order valence-electron chi connectivity index (χ3n) is 9.43. The summed E-state index contributed by atoms with van der Waals surface area (Å²) < 4.78 is 0. The van der Waals surface area contributed by atoms with Crippen LogP contribution in [0.25, 0.3) is 33.6 Å². The molecule has 0 radical (unpaired) electrons. The van der Waals surface area contributed by atoms with Gasteiger partial charge in [0.05, 0.1) is 42.4 Å². The van der Waals surface area contributed by atoms with Crippen LogP contribution >= 0.6 is 0 Å². The van der Waals surface area contributed by atoms with E-state index in [0.717, 1.165) is 96.7 Å². The number of hydrogen-bond acceptors (Lipinski definition) is 7. The molecule has 3 atom stereocenters. The topological polar surface area (TPSA) is 117 Å². The minimum atomic E-state index is -0.327. The van der Waals surface area contributed by atoms with Gasteiger partial charge in [-0.2, -0.15) is 0 Å². The molecular formula is C35H43N9O. The fraction of sp³-hybridized carbons (Fsp3) is 0.429. The van der Waals surface area contributed by atoms with Crippen molar-refractivity contribution in [1.82, 2.24) is 40.4 Å². The Morgan fingerprint density at radius 1 is 0.844 bits per heavy atom. The molecule has 10 nitrogen and oxygen atoms in total. The molecule has 5 heterocycles. The Kier molecular flexibility index (Phi) is 8.14. The summed E-state index contributed by atoms with van der Waals surface area (Å²) >= 11 is 0. The van der Waals surface area contributed by atoms with E-state index in [9.17, 15) is 4.79 Å². The smallest absolute Gasteiger partial charge is 0.246 e. The zero-order valence-electron chi connectivity index (χ0n) is 26.4. The molecule has 45 heavy (non-hydrogen) atoms. The normalized spacial score (nSPS) is 20.7. The van der Waals surface area contributed by atoms with Gasteiger partial charge in [0.15, 0.2) is 5.96 Å². The van der Waals surface area contributed by atoms with Crippen molar-refractivity contribution in [1.29, 1.82) is 0 Å². The second kappa shape index (κ2) is 12.5. The highest BCUT2D eigenvalue weighted by molar-refractivity contribution is 5.90. The minimum absolute atomic E-state index is 0.0595. The molecule has 234 valence electrons. The third kappa shape index (κ3) is 5.99. The third-order valence-corrected chi connectivity index (χ3v) is 9.43. The molecule has 7 rings (SSSR count). The molecule has 4 N–H and O–H groups in total. The Labute approximate surface area is 264 Å². The number of hydrogen-bond donors (Lipinski definition) is 4. The minimum Gasteiger partial charge on any atom is -0.344 e. The average molecular weight is 606 g/mol. The first-order chi connectivity index (χ1) is 21.9. The number of likely N-dealkylation sites (tertiary alicyclic amines) is 1. The maximum absolute atomic E-state index is 13.8. The number of carbonyl (C=O) groups is 1. The number of aromatic nitrogens is 4. The number of amides is 1. The number of nitrogens with zero attached hydrogens (tertiary/aromatic N) is 5. The number of carbonyl (C=O) groups excluding carboxylic acids is 1. The highest BCUT2D eigenvalue weighted by Gasteiger charge is 2.37. The molecule has 1 amide bonds. The van der Waals surface area contributed by atoms with Crippen molar-refractivity contribution in [3.8, 4) is 33.6 Å². The predicted octanol–water partition coefficient (Wildman–Crippen LogP) is 5.14. The van der Waals surface area contributed by atoms with Crippen LogP contribution in [0, 0.1) is 5.92 Å². The van der Waals surface area contributed by atoms with Crippen LogP contribution in [0.1, 0.15) is 63.3 Å². The van der Waals surface area contributed by atoms with Gasteiger partial charge in [-0.15, -0.1) is 0 Å². The molecule has 4 aromatic rings. The number of likely N-dealkylation sites (N-methyl/N-ethyl adjacent to an activating group) is 1. The lowest BCUT2D eigenvalue weighted by atomic mass is 10.0. The van der Waals surface area contributed by atoms with Crippen molar-refractivity contribution >= 4 is 11.9 Å². The molecule has 1 unspecified atom stereocenters. The van der Waals surface area contributed by atoms with Crippen LogP contribution in [0.2, 0.25) is 0 Å². The van der Waals surface area contributed by atoms with Gasteiger partial charge < -0.3 is 30.4 Å². The van der Waals surface area contributed by atoms with Gasteiger partial charge in [-0.1, -0.05) is 62.4 Å². The molecule has 2 aromatic carbocycles. The second-order valence-corrected chi connectivity index (χ2v) is 12.9. The van der Waals surface area contributed by atoms with Crippen LogP contribution in [-0.2, 0) is 4.79 Å². The molecule has 10 heteroatoms. The molecule has 0 aliphatic carbocycles. The SMILES string of the molecule is CC(C)[C@@H](NC1=NCCN1C)C(=O)N1CCC[C@H]1c1ncc(-c2ccc(-c3ccc(-c4cnc(C5CCCN5)[nH]4)cc3)cc2)[nH]1. The zero-order chi connectivity index (χ0) is 30.9. The summed E-state index contributed by atoms with van der Waals surface area (Å²) in [7, 11) is 2.01. The Morgan fingerprint density at radius 3 is 2.04 bits per heavy atom. The highest BCUT2D eigenvalue weighted by Crippen LogP contribution is 2.33. The number of rotatable bonds is 8. The summed E-state index contributed by atoms with van der Waals surface area (Å²) in [6.07, 6.45) is 8.01. The van der Waals surface area contributed by atoms with E-state index in [4.69, 9.17) is 4.98 Å². The van der Waals surface area contributed by atoms with E-state index in [0.29, 0.717) is 6.04 Å². The second-order valence-electron chi connectivity index (χ2n) is 12.9. The van der Waals surface area contributed by atoms with E-state index in [2.05, 4.69) is 97.9 Å². The lowest BCUT2D eigenvalue weighted by Crippen LogP contribution is -2.53. The van der Waals surface area contributed by atoms with Gasteiger partial charge in [-0.05, 0) is 60.4 Å². The lowest BCUT2D eigenvalue weighted by Gasteiger charge is -2.31. The van der Waals surface area contributed by atoms with Crippen LogP contribution in [0.4, 0.5) is 0 Å². The molecule has 2 aromatic heterocycles. The van der Waals surface area contributed by atoms with Crippen molar-refractivity contribution in [2.45, 2.75) is 57.7 Å². The standard InChI is InChI=1S/C35H43N9O/c1-22(2)31(42-35-37-17-19-43(35)3)34(45)44-18-5-7-30(44)33-39-21-29(41-33)26-14-10-24(11-15-26)23-8-12-25(13-9-23)28-20-38-32(40-28)27-6-4-16-36-27/h8-15,20-22,27,30-31,36H,4-7,16-19H2,1-3H3,(H,37,42)(H,38,40)(H,39,41)/t27?,30-,31+/m0/s1. The van der Waals surface area contributed by atoms with E-state index in [-0.39, 0.29) is 23.9 Å². The maximum Gasteiger partial charge on any atom is 0.246 e. The van der Waals surface area contributed by atoms with Crippen LogP contribution in [0.5, 0.6) is 0 Å². The van der Waals surface area contributed by atoms with Crippen molar-refractivity contribution in [3.05, 3.63) is 72.6 Å². The van der Waals surface area contributed by atoms with Gasteiger partial charge in [-0.3, -0.25) is 9.79 Å². The average Bonchev–Trinajstić information content (AvgIpc) is 3.90. The van der Waals surface area contributed by atoms with Crippen molar-refractivity contribution in [2.75, 3.05) is 33.2 Å². The molecule has 0 bridgehead atoms. The number of aliphatic imine (C=N–C) groups is 1. The first-order valence-corrected chi connectivity index (χ1v) is 16.3. The van der Waals surface area contributed by atoms with E-state index in [1.807, 2.05) is 24.3 Å². The Morgan fingerprint density at radius 2 is 1.47 bits per heavy atom. The van der Waals surface area contributed by atoms with Gasteiger partial charge in [0.1, 0.15) is 17.7 Å². The molecule has 2 saturated heterocycles. The molecule has 0 saturated carbocycles. The Balaban J connectivity index is 1.02. The van der Waals surface area contributed by atoms with E-state index in [1.54, 1.807) is 0 Å². The number of aromatic amines is 2. The Hall–Kier alpha value is -4.44. The molecule has 3 aliphatic rings. The van der Waals surface area contributed by atoms with Crippen LogP contribution in [0.3, 0.4) is 0 Å². The van der Waals surface area contributed by atoms with E-state index < -0.39 is 0 Å². The zero-order valence-corrected chi connectivity index (χ0v) is 26.4. The number of benzene rings is 2. The summed E-state index contributed by atoms with van der Waals surface area (Å²) in [6, 6.07) is 17.1. The van der Waals surface area contributed by atoms with Crippen molar-refractivity contribution in [3.63, 3.8) is 0 Å². The van der Waals surface area contributed by atoms with Gasteiger partial charge in [0.25, 0.3) is 0 Å². The predicted molar refractivity (Wildman–Crippen MR) is 177 cm³/mol. The van der Waals surface area contributed by atoms with Crippen molar-refractivity contribution < 1.29 is 4.79 Å². The largest absolute Gasteiger partial charge is 0.344 e. The first-order valence-electron chi connectivity index (χ1n) is 16.3. The fourth-order valence-corrected chi connectivity index (χ4v) is 6.75. The summed E-state index contributed by atoms with van der Waals surface area (Å²) in [5.74, 6) is 2.92. The maximum atomic E-state index is 13.8. The molecular weight excluding hydrogens is 562 g/mol. The molecule has 0 spiro atoms. The summed E-state index contributed by atoms with van der Waals surface area (Å²) in [4.78, 5) is 38.9. The number of nitrogens with one attached hydrogen (secondary N) is 4. The van der Waals surface area contributed by atoms with E-state index in [1.165, 1.54) is 6.42 Å². The summed E-state index contributed by atoms with van der Waals surface area (Å²) in [5, 5.41) is 6.94. The van der Waals surface area contributed by atoms with Crippen LogP contribution in [0.15, 0.2) is 65.9 Å². The summed E-state index contributed by atoms with van der Waals surface area (Å²) in [6.45, 7) is 7.60. The monoisotopic (exact) mass is 605 g/mol. The highest BCUT2D eigenvalue weighted by atomic mass is 16.2. The van der Waals surface area contributed by atoms with Crippen LogP contribution < -0.4 is 10.6 Å². The number of guanidine groups is 1. The fourth-order valence-electron chi connectivity index (χ4n) is 6.75. The molecule has 3 aliphatic heterocycles. The van der Waals surface area contributed by atoms with Crippen LogP contribution in [-0.4, -0.2) is 80.9 Å². The number of imidazole rings is 2. The lowest BCUT2D eigenvalue weighted by molar-refractivity contribution is -0.135. The van der Waals surface area contributed by atoms with Crippen molar-refractivity contribution in [2.24, 2.45) is 10.9 Å². The van der Waals surface area contributed by atoms with Gasteiger partial charge >= 0.3 is 0 Å².